The van der Waals surface area contributed by atoms with Crippen LogP contribution in [0, 0.1) is 11.3 Å². The first-order valence-electron chi connectivity index (χ1n) is 5.39. The average molecular weight is 288 g/mol. The molecule has 0 aliphatic rings. The zero-order valence-electron chi connectivity index (χ0n) is 9.56. The number of nitrogens with zero attached hydrogens (tertiary/aromatic N) is 1. The summed E-state index contributed by atoms with van der Waals surface area (Å²) in [5.74, 6) is 0. The van der Waals surface area contributed by atoms with Crippen molar-refractivity contribution in [2.75, 3.05) is 4.72 Å². The minimum absolute atomic E-state index is 0.0749. The van der Waals surface area contributed by atoms with Gasteiger partial charge in [0.15, 0.2) is 0 Å². The van der Waals surface area contributed by atoms with E-state index in [0.29, 0.717) is 5.56 Å². The van der Waals surface area contributed by atoms with Crippen LogP contribution in [0.3, 0.4) is 0 Å². The van der Waals surface area contributed by atoms with E-state index in [0.717, 1.165) is 32.1 Å². The van der Waals surface area contributed by atoms with Gasteiger partial charge in [0, 0.05) is 17.8 Å². The van der Waals surface area contributed by atoms with E-state index in [9.17, 15) is 4.79 Å². The molecule has 0 atom stereocenters. The summed E-state index contributed by atoms with van der Waals surface area (Å²) in [5, 5.41) is 9.88. The maximum atomic E-state index is 11.0. The van der Waals surface area contributed by atoms with E-state index >= 15 is 0 Å². The standard InChI is InChI=1S/C12H8N4OS2/c13-4-7-5-14-11-8(7)2-1-3-9(11)16-19-10-6-15-12(17)18-10/h1-3,5-6,14,16H,(H,15,17). The van der Waals surface area contributed by atoms with E-state index in [4.69, 9.17) is 5.26 Å². The van der Waals surface area contributed by atoms with E-state index in [2.05, 4.69) is 20.8 Å². The molecule has 3 rings (SSSR count). The van der Waals surface area contributed by atoms with Crippen molar-refractivity contribution in [3.63, 3.8) is 0 Å². The lowest BCUT2D eigenvalue weighted by Gasteiger charge is -2.04. The number of hydrogen-bond donors (Lipinski definition) is 3. The van der Waals surface area contributed by atoms with Crippen LogP contribution in [0.2, 0.25) is 0 Å². The molecule has 19 heavy (non-hydrogen) atoms. The molecule has 0 spiro atoms. The Hall–Kier alpha value is -2.17. The molecule has 3 aromatic rings. The fraction of sp³-hybridized carbons (Fsp3) is 0. The van der Waals surface area contributed by atoms with E-state index in [1.165, 1.54) is 11.9 Å². The minimum atomic E-state index is -0.0749. The monoisotopic (exact) mass is 288 g/mol. The number of rotatable bonds is 3. The lowest BCUT2D eigenvalue weighted by Crippen LogP contribution is -1.88. The van der Waals surface area contributed by atoms with Crippen LogP contribution in [0.25, 0.3) is 10.9 Å². The van der Waals surface area contributed by atoms with Crippen molar-refractivity contribution >= 4 is 39.9 Å². The number of fused-ring (bicyclic) bond motifs is 1. The molecule has 0 fully saturated rings. The number of H-pyrrole nitrogens is 2. The zero-order chi connectivity index (χ0) is 13.2. The van der Waals surface area contributed by atoms with E-state index in [1.54, 1.807) is 12.4 Å². The van der Waals surface area contributed by atoms with Crippen molar-refractivity contribution in [3.05, 3.63) is 45.8 Å². The first-order chi connectivity index (χ1) is 9.28. The van der Waals surface area contributed by atoms with Gasteiger partial charge < -0.3 is 14.7 Å². The lowest BCUT2D eigenvalue weighted by atomic mass is 10.2. The number of nitriles is 1. The fourth-order valence-corrected chi connectivity index (χ4v) is 3.19. The lowest BCUT2D eigenvalue weighted by molar-refractivity contribution is 1.31. The molecule has 0 radical (unpaired) electrons. The minimum Gasteiger partial charge on any atom is -0.358 e. The van der Waals surface area contributed by atoms with Crippen molar-refractivity contribution in [1.82, 2.24) is 9.97 Å². The molecule has 2 aromatic heterocycles. The predicted molar refractivity (Wildman–Crippen MR) is 77.4 cm³/mol. The maximum Gasteiger partial charge on any atom is 0.305 e. The van der Waals surface area contributed by atoms with Gasteiger partial charge in [0.2, 0.25) is 0 Å². The number of nitrogens with one attached hydrogen (secondary N) is 3. The van der Waals surface area contributed by atoms with Gasteiger partial charge in [-0.05, 0) is 18.0 Å². The zero-order valence-corrected chi connectivity index (χ0v) is 11.2. The van der Waals surface area contributed by atoms with E-state index in [1.807, 2.05) is 18.2 Å². The van der Waals surface area contributed by atoms with Crippen LogP contribution in [-0.4, -0.2) is 9.97 Å². The third kappa shape index (κ3) is 2.23. The third-order valence-corrected chi connectivity index (χ3v) is 4.36. The Morgan fingerprint density at radius 1 is 1.32 bits per heavy atom. The number of aromatic nitrogens is 2. The number of anilines is 1. The first-order valence-corrected chi connectivity index (χ1v) is 7.03. The molecule has 5 nitrogen and oxygen atoms in total. The second kappa shape index (κ2) is 4.84. The quantitative estimate of drug-likeness (QED) is 0.647. The Morgan fingerprint density at radius 3 is 2.95 bits per heavy atom. The van der Waals surface area contributed by atoms with Crippen LogP contribution in [0.4, 0.5) is 5.69 Å². The molecule has 94 valence electrons. The molecule has 0 saturated carbocycles. The van der Waals surface area contributed by atoms with Gasteiger partial charge in [0.25, 0.3) is 0 Å². The molecule has 0 unspecified atom stereocenters. The first kappa shape index (κ1) is 11.9. The van der Waals surface area contributed by atoms with Crippen LogP contribution in [0.5, 0.6) is 0 Å². The topological polar surface area (TPSA) is 84.5 Å². The van der Waals surface area contributed by atoms with Gasteiger partial charge in [-0.25, -0.2) is 0 Å². The molecule has 7 heteroatoms. The third-order valence-electron chi connectivity index (χ3n) is 2.60. The Labute approximate surface area is 116 Å². The Bertz CT molecular complexity index is 824. The van der Waals surface area contributed by atoms with Crippen molar-refractivity contribution in [3.8, 4) is 6.07 Å². The summed E-state index contributed by atoms with van der Waals surface area (Å²) in [4.78, 5) is 16.7. The number of thiazole rings is 1. The number of benzene rings is 1. The average Bonchev–Trinajstić information content (AvgIpc) is 3.02. The maximum absolute atomic E-state index is 11.0. The molecule has 0 aliphatic heterocycles. The number of para-hydroxylation sites is 1. The highest BCUT2D eigenvalue weighted by atomic mass is 32.2. The summed E-state index contributed by atoms with van der Waals surface area (Å²) in [6.07, 6.45) is 3.36. The van der Waals surface area contributed by atoms with Gasteiger partial charge in [-0.15, -0.1) is 0 Å². The molecule has 2 heterocycles. The van der Waals surface area contributed by atoms with Gasteiger partial charge in [0.05, 0.1) is 16.8 Å². The van der Waals surface area contributed by atoms with Gasteiger partial charge in [0.1, 0.15) is 10.3 Å². The van der Waals surface area contributed by atoms with Crippen molar-refractivity contribution in [2.24, 2.45) is 0 Å². The molecule has 1 aromatic carbocycles. The van der Waals surface area contributed by atoms with Crippen LogP contribution < -0.4 is 9.60 Å². The van der Waals surface area contributed by atoms with Crippen molar-refractivity contribution in [2.45, 2.75) is 4.21 Å². The van der Waals surface area contributed by atoms with Crippen molar-refractivity contribution < 1.29 is 0 Å². The van der Waals surface area contributed by atoms with Crippen LogP contribution in [-0.2, 0) is 0 Å². The molecule has 0 bridgehead atoms. The number of hydrogen-bond acceptors (Lipinski definition) is 5. The summed E-state index contributed by atoms with van der Waals surface area (Å²) in [6.45, 7) is 0. The van der Waals surface area contributed by atoms with Gasteiger partial charge >= 0.3 is 4.87 Å². The van der Waals surface area contributed by atoms with Crippen LogP contribution in [0.15, 0.2) is 39.6 Å². The highest BCUT2D eigenvalue weighted by Gasteiger charge is 2.07. The second-order valence-corrected chi connectivity index (χ2v) is 5.86. The Morgan fingerprint density at radius 2 is 2.21 bits per heavy atom. The molecule has 0 aliphatic carbocycles. The highest BCUT2D eigenvalue weighted by molar-refractivity contribution is 8.02. The Kier molecular flexibility index (Phi) is 3.03. The predicted octanol–water partition coefficient (Wildman–Crippen LogP) is 2.91. The largest absolute Gasteiger partial charge is 0.358 e. The molecule has 0 amide bonds. The van der Waals surface area contributed by atoms with Crippen LogP contribution >= 0.6 is 23.3 Å². The summed E-state index contributed by atoms with van der Waals surface area (Å²) >= 11 is 2.51. The summed E-state index contributed by atoms with van der Waals surface area (Å²) in [6, 6.07) is 7.85. The molecular weight excluding hydrogens is 280 g/mol. The van der Waals surface area contributed by atoms with Gasteiger partial charge in [-0.2, -0.15) is 5.26 Å². The molecule has 3 N–H and O–H groups in total. The smallest absolute Gasteiger partial charge is 0.305 e. The van der Waals surface area contributed by atoms with E-state index < -0.39 is 0 Å². The fourth-order valence-electron chi connectivity index (χ4n) is 1.76. The number of aromatic amines is 2. The molecular formula is C12H8N4OS2. The summed E-state index contributed by atoms with van der Waals surface area (Å²) in [5.41, 5.74) is 2.38. The highest BCUT2D eigenvalue weighted by Crippen LogP contribution is 2.29. The Balaban J connectivity index is 1.91. The van der Waals surface area contributed by atoms with Crippen molar-refractivity contribution in [1.29, 1.82) is 5.26 Å². The summed E-state index contributed by atoms with van der Waals surface area (Å²) in [7, 11) is 0. The SMILES string of the molecule is N#Cc1c[nH]c2c(NSc3c[nH]c(=O)s3)cccc12. The van der Waals surface area contributed by atoms with Gasteiger partial charge in [-0.1, -0.05) is 23.5 Å². The molecule has 0 saturated heterocycles. The summed E-state index contributed by atoms with van der Waals surface area (Å²) < 4.78 is 4.04. The van der Waals surface area contributed by atoms with Crippen LogP contribution in [0.1, 0.15) is 5.56 Å². The van der Waals surface area contributed by atoms with E-state index in [-0.39, 0.29) is 4.87 Å². The normalized spacial score (nSPS) is 10.5. The van der Waals surface area contributed by atoms with Gasteiger partial charge in [-0.3, -0.25) is 4.79 Å². The second-order valence-electron chi connectivity index (χ2n) is 3.74.